The van der Waals surface area contributed by atoms with Crippen LogP contribution in [0.15, 0.2) is 23.0 Å². The summed E-state index contributed by atoms with van der Waals surface area (Å²) in [6.45, 7) is 5.28. The maximum atomic E-state index is 13.4. The molecule has 2 N–H and O–H groups in total. The maximum Gasteiger partial charge on any atom is 0.256 e. The number of carbonyl (C=O) groups is 1. The van der Waals surface area contributed by atoms with Crippen molar-refractivity contribution in [1.82, 2.24) is 25.3 Å². The van der Waals surface area contributed by atoms with Crippen LogP contribution >= 0.6 is 0 Å². The van der Waals surface area contributed by atoms with Crippen LogP contribution in [0.3, 0.4) is 0 Å². The molecule has 0 radical (unpaired) electrons. The molecule has 1 saturated carbocycles. The Labute approximate surface area is 161 Å². The van der Waals surface area contributed by atoms with E-state index in [1.807, 2.05) is 0 Å². The fraction of sp³-hybridized carbons (Fsp3) is 0.421. The third-order valence-corrected chi connectivity index (χ3v) is 4.85. The smallest absolute Gasteiger partial charge is 0.256 e. The number of nitrogens with zero attached hydrogens (tertiary/aromatic N) is 4. The Kier molecular flexibility index (Phi) is 4.44. The van der Waals surface area contributed by atoms with Crippen molar-refractivity contribution in [3.05, 3.63) is 41.4 Å². The number of fused-ring (bicyclic) bond motifs is 1. The molecule has 1 aliphatic carbocycles. The number of aromatic nitrogens is 4. The van der Waals surface area contributed by atoms with E-state index in [0.717, 1.165) is 12.8 Å². The highest BCUT2D eigenvalue weighted by molar-refractivity contribution is 6.10. The average Bonchev–Trinajstić information content (AvgIpc) is 3.28. The van der Waals surface area contributed by atoms with Crippen molar-refractivity contribution in [2.45, 2.75) is 51.9 Å². The Morgan fingerprint density at radius 1 is 1.36 bits per heavy atom. The summed E-state index contributed by atoms with van der Waals surface area (Å²) in [5.74, 6) is 1.01. The van der Waals surface area contributed by atoms with Crippen molar-refractivity contribution in [2.75, 3.05) is 5.32 Å². The zero-order valence-electron chi connectivity index (χ0n) is 15.9. The SMILES string of the molecule is Cc1oc2ncnc(NC3(C)CC3)c2c1C(=O)NCc1nccc(C(C)F)n1. The highest BCUT2D eigenvalue weighted by atomic mass is 19.1. The van der Waals surface area contributed by atoms with E-state index < -0.39 is 6.17 Å². The van der Waals surface area contributed by atoms with E-state index in [2.05, 4.69) is 37.5 Å². The molecule has 9 heteroatoms. The number of anilines is 1. The van der Waals surface area contributed by atoms with Crippen molar-refractivity contribution in [1.29, 1.82) is 0 Å². The van der Waals surface area contributed by atoms with Gasteiger partial charge in [0.25, 0.3) is 5.91 Å². The molecule has 146 valence electrons. The molecule has 8 nitrogen and oxygen atoms in total. The fourth-order valence-electron chi connectivity index (χ4n) is 2.98. The van der Waals surface area contributed by atoms with E-state index in [-0.39, 0.29) is 23.7 Å². The van der Waals surface area contributed by atoms with E-state index in [1.165, 1.54) is 25.5 Å². The summed E-state index contributed by atoms with van der Waals surface area (Å²) in [4.78, 5) is 29.5. The molecule has 4 rings (SSSR count). The van der Waals surface area contributed by atoms with Gasteiger partial charge in [0.05, 0.1) is 23.2 Å². The molecule has 1 amide bonds. The molecule has 1 unspecified atom stereocenters. The van der Waals surface area contributed by atoms with Gasteiger partial charge in [0, 0.05) is 11.7 Å². The van der Waals surface area contributed by atoms with Crippen molar-refractivity contribution >= 4 is 22.8 Å². The molecular formula is C19H21FN6O2. The summed E-state index contributed by atoms with van der Waals surface area (Å²) in [6.07, 6.45) is 3.77. The molecule has 1 atom stereocenters. The number of nitrogens with one attached hydrogen (secondary N) is 2. The van der Waals surface area contributed by atoms with Gasteiger partial charge in [-0.2, -0.15) is 0 Å². The number of hydrogen-bond acceptors (Lipinski definition) is 7. The Balaban J connectivity index is 1.60. The van der Waals surface area contributed by atoms with Gasteiger partial charge in [0.2, 0.25) is 5.71 Å². The Bertz CT molecular complexity index is 1040. The molecule has 1 aliphatic rings. The first kappa shape index (κ1) is 18.3. The number of furan rings is 1. The van der Waals surface area contributed by atoms with Crippen molar-refractivity contribution in [3.8, 4) is 0 Å². The van der Waals surface area contributed by atoms with Gasteiger partial charge in [-0.3, -0.25) is 4.79 Å². The molecular weight excluding hydrogens is 363 g/mol. The Morgan fingerprint density at radius 2 is 2.14 bits per heavy atom. The first-order valence-electron chi connectivity index (χ1n) is 9.13. The first-order chi connectivity index (χ1) is 13.4. The monoisotopic (exact) mass is 384 g/mol. The maximum absolute atomic E-state index is 13.4. The van der Waals surface area contributed by atoms with E-state index in [0.29, 0.717) is 34.1 Å². The minimum Gasteiger partial charge on any atom is -0.442 e. The number of halogens is 1. The predicted octanol–water partition coefficient (Wildman–Crippen LogP) is 3.25. The quantitative estimate of drug-likeness (QED) is 0.672. The van der Waals surface area contributed by atoms with Gasteiger partial charge in [0.1, 0.15) is 29.9 Å². The lowest BCUT2D eigenvalue weighted by atomic mass is 10.1. The van der Waals surface area contributed by atoms with E-state index >= 15 is 0 Å². The molecule has 1 fully saturated rings. The Hall–Kier alpha value is -3.10. The Morgan fingerprint density at radius 3 is 2.86 bits per heavy atom. The second-order valence-electron chi connectivity index (χ2n) is 7.32. The van der Waals surface area contributed by atoms with Crippen LogP contribution < -0.4 is 10.6 Å². The minimum atomic E-state index is -1.20. The standard InChI is InChI=1S/C19H21FN6O2/c1-10(20)12-4-7-21-13(25-12)8-22-17(27)14-11(2)28-18-15(14)16(23-9-24-18)26-19(3)5-6-19/h4,7,9-10H,5-6,8H2,1-3H3,(H,22,27)(H,23,24,26). The molecule has 0 aliphatic heterocycles. The average molecular weight is 384 g/mol. The minimum absolute atomic E-state index is 0.0163. The fourth-order valence-corrected chi connectivity index (χ4v) is 2.98. The van der Waals surface area contributed by atoms with Crippen molar-refractivity contribution in [3.63, 3.8) is 0 Å². The highest BCUT2D eigenvalue weighted by Crippen LogP contribution is 2.40. The number of carbonyl (C=O) groups excluding carboxylic acids is 1. The molecule has 0 spiro atoms. The van der Waals surface area contributed by atoms with Gasteiger partial charge in [-0.05, 0) is 39.7 Å². The van der Waals surface area contributed by atoms with Crippen LogP contribution in [0.5, 0.6) is 0 Å². The second-order valence-corrected chi connectivity index (χ2v) is 7.32. The van der Waals surface area contributed by atoms with Crippen LogP contribution in [0.1, 0.15) is 60.5 Å². The number of rotatable bonds is 6. The van der Waals surface area contributed by atoms with Gasteiger partial charge in [-0.25, -0.2) is 24.3 Å². The highest BCUT2D eigenvalue weighted by Gasteiger charge is 2.38. The summed E-state index contributed by atoms with van der Waals surface area (Å²) in [7, 11) is 0. The first-order valence-corrected chi connectivity index (χ1v) is 9.13. The van der Waals surface area contributed by atoms with Gasteiger partial charge in [-0.15, -0.1) is 0 Å². The molecule has 0 aromatic carbocycles. The molecule has 0 bridgehead atoms. The second kappa shape index (κ2) is 6.81. The van der Waals surface area contributed by atoms with Gasteiger partial charge >= 0.3 is 0 Å². The third kappa shape index (κ3) is 3.51. The lowest BCUT2D eigenvalue weighted by Gasteiger charge is -2.13. The number of amides is 1. The summed E-state index contributed by atoms with van der Waals surface area (Å²) >= 11 is 0. The lowest BCUT2D eigenvalue weighted by molar-refractivity contribution is 0.0949. The molecule has 3 heterocycles. The van der Waals surface area contributed by atoms with Crippen LogP contribution in [0.25, 0.3) is 11.1 Å². The topological polar surface area (TPSA) is 106 Å². The van der Waals surface area contributed by atoms with Crippen molar-refractivity contribution in [2.24, 2.45) is 0 Å². The van der Waals surface area contributed by atoms with E-state index in [1.54, 1.807) is 6.92 Å². The number of hydrogen-bond donors (Lipinski definition) is 2. The molecule has 3 aromatic rings. The van der Waals surface area contributed by atoms with Crippen LogP contribution in [0.4, 0.5) is 10.2 Å². The zero-order valence-corrected chi connectivity index (χ0v) is 15.9. The summed E-state index contributed by atoms with van der Waals surface area (Å²) < 4.78 is 19.1. The molecule has 0 saturated heterocycles. The summed E-state index contributed by atoms with van der Waals surface area (Å²) in [5, 5.41) is 6.71. The number of aryl methyl sites for hydroxylation is 1. The van der Waals surface area contributed by atoms with Gasteiger partial charge in [-0.1, -0.05) is 0 Å². The summed E-state index contributed by atoms with van der Waals surface area (Å²) in [5.41, 5.74) is 0.991. The normalized spacial score (nSPS) is 16.0. The van der Waals surface area contributed by atoms with Gasteiger partial charge in [0.15, 0.2) is 0 Å². The third-order valence-electron chi connectivity index (χ3n) is 4.85. The van der Waals surface area contributed by atoms with E-state index in [9.17, 15) is 9.18 Å². The predicted molar refractivity (Wildman–Crippen MR) is 101 cm³/mol. The van der Waals surface area contributed by atoms with Gasteiger partial charge < -0.3 is 15.1 Å². The molecule has 28 heavy (non-hydrogen) atoms. The molecule has 3 aromatic heterocycles. The largest absolute Gasteiger partial charge is 0.442 e. The van der Waals surface area contributed by atoms with Crippen LogP contribution in [-0.4, -0.2) is 31.4 Å². The van der Waals surface area contributed by atoms with Crippen LogP contribution in [-0.2, 0) is 6.54 Å². The van der Waals surface area contributed by atoms with Crippen LogP contribution in [0, 0.1) is 6.92 Å². The lowest BCUT2D eigenvalue weighted by Crippen LogP contribution is -2.25. The van der Waals surface area contributed by atoms with Crippen molar-refractivity contribution < 1.29 is 13.6 Å². The number of alkyl halides is 1. The summed E-state index contributed by atoms with van der Waals surface area (Å²) in [6, 6.07) is 1.51. The zero-order chi connectivity index (χ0) is 19.9. The van der Waals surface area contributed by atoms with E-state index in [4.69, 9.17) is 4.42 Å². The van der Waals surface area contributed by atoms with Crippen LogP contribution in [0.2, 0.25) is 0 Å².